The van der Waals surface area contributed by atoms with E-state index in [4.69, 9.17) is 10.5 Å². The van der Waals surface area contributed by atoms with Crippen LogP contribution in [-0.4, -0.2) is 76.4 Å². The predicted octanol–water partition coefficient (Wildman–Crippen LogP) is -0.844. The summed E-state index contributed by atoms with van der Waals surface area (Å²) in [5, 5.41) is 30.7. The number of aliphatic hydroxyl groups is 2. The second-order valence-electron chi connectivity index (χ2n) is 7.61. The average Bonchev–Trinajstić information content (AvgIpc) is 3.43. The van der Waals surface area contributed by atoms with Crippen LogP contribution in [0.15, 0.2) is 31.0 Å². The Bertz CT molecular complexity index is 1240. The number of imidazole rings is 1. The minimum Gasteiger partial charge on any atom is -0.385 e. The Kier molecular flexibility index (Phi) is 4.78. The zero-order chi connectivity index (χ0) is 21.6. The minimum atomic E-state index is -1.71. The van der Waals surface area contributed by atoms with E-state index in [9.17, 15) is 10.2 Å². The third-order valence-corrected chi connectivity index (χ3v) is 5.65. The molecule has 3 unspecified atom stereocenters. The van der Waals surface area contributed by atoms with Crippen molar-refractivity contribution in [2.45, 2.75) is 31.4 Å². The molecule has 0 bridgehead atoms. The molecule has 3 atom stereocenters. The topological polar surface area (TPSA) is 162 Å². The van der Waals surface area contributed by atoms with Crippen LogP contribution >= 0.6 is 0 Å². The van der Waals surface area contributed by atoms with Crippen LogP contribution in [-0.2, 0) is 17.0 Å². The fourth-order valence-corrected chi connectivity index (χ4v) is 3.98. The lowest BCUT2D eigenvalue weighted by Gasteiger charge is -2.28. The molecule has 1 aliphatic heterocycles. The second-order valence-corrected chi connectivity index (χ2v) is 7.61. The number of nitrogens with zero attached hydrogens (tertiary/aromatic N) is 7. The maximum atomic E-state index is 11.1. The lowest BCUT2D eigenvalue weighted by molar-refractivity contribution is -0.107. The maximum Gasteiger partial charge on any atom is 0.197 e. The summed E-state index contributed by atoms with van der Waals surface area (Å²) in [6.45, 7) is 3.39. The number of nitrogens with two attached hydrogens (primary N) is 1. The molecule has 5 N–H and O–H groups in total. The number of hydrogen-bond acceptors (Lipinski definition) is 10. The van der Waals surface area contributed by atoms with Gasteiger partial charge < -0.3 is 26.0 Å². The van der Waals surface area contributed by atoms with E-state index in [-0.39, 0.29) is 12.4 Å². The van der Waals surface area contributed by atoms with Crippen LogP contribution in [0.25, 0.3) is 22.2 Å². The van der Waals surface area contributed by atoms with Gasteiger partial charge in [0.05, 0.1) is 25.2 Å². The van der Waals surface area contributed by atoms with Crippen molar-refractivity contribution >= 4 is 28.0 Å². The Morgan fingerprint density at radius 3 is 3.03 bits per heavy atom. The molecule has 12 heteroatoms. The molecule has 1 saturated heterocycles. The first kappa shape index (κ1) is 19.8. The van der Waals surface area contributed by atoms with Crippen LogP contribution in [0, 0.1) is 6.92 Å². The molecule has 0 radical (unpaired) electrons. The van der Waals surface area contributed by atoms with E-state index < -0.39 is 17.9 Å². The molecule has 0 aliphatic carbocycles. The fraction of sp³-hybridized carbons (Fsp3) is 0.421. The molecule has 5 heterocycles. The van der Waals surface area contributed by atoms with E-state index in [2.05, 4.69) is 30.4 Å². The molecule has 12 nitrogen and oxygen atoms in total. The fourth-order valence-electron chi connectivity index (χ4n) is 3.98. The van der Waals surface area contributed by atoms with Gasteiger partial charge in [0, 0.05) is 24.7 Å². The van der Waals surface area contributed by atoms with Crippen LogP contribution < -0.4 is 11.1 Å². The van der Waals surface area contributed by atoms with Crippen molar-refractivity contribution < 1.29 is 14.9 Å². The highest BCUT2D eigenvalue weighted by atomic mass is 16.5. The first-order chi connectivity index (χ1) is 15.0. The van der Waals surface area contributed by atoms with Gasteiger partial charge in [-0.25, -0.2) is 24.6 Å². The zero-order valence-corrected chi connectivity index (χ0v) is 16.9. The van der Waals surface area contributed by atoms with Crippen molar-refractivity contribution in [1.82, 2.24) is 39.6 Å². The van der Waals surface area contributed by atoms with Gasteiger partial charge in [0.15, 0.2) is 22.8 Å². The summed E-state index contributed by atoms with van der Waals surface area (Å²) in [4.78, 5) is 16.6. The van der Waals surface area contributed by atoms with Gasteiger partial charge in [-0.05, 0) is 19.1 Å². The minimum absolute atomic E-state index is 0.108. The van der Waals surface area contributed by atoms with Gasteiger partial charge in [-0.15, -0.1) is 0 Å². The lowest BCUT2D eigenvalue weighted by atomic mass is 10.1. The summed E-state index contributed by atoms with van der Waals surface area (Å²) in [7, 11) is 0. The van der Waals surface area contributed by atoms with Gasteiger partial charge in [-0.2, -0.15) is 5.10 Å². The number of aromatic nitrogens is 7. The molecular weight excluding hydrogens is 402 g/mol. The first-order valence-corrected chi connectivity index (χ1v) is 9.94. The number of hydrogen-bond donors (Lipinski definition) is 4. The number of aliphatic hydroxyl groups excluding tert-OH is 1. The molecule has 1 fully saturated rings. The number of pyridine rings is 1. The molecule has 0 amide bonds. The van der Waals surface area contributed by atoms with Crippen LogP contribution in [0.4, 0.5) is 5.82 Å². The van der Waals surface area contributed by atoms with Crippen LogP contribution in [0.2, 0.25) is 0 Å². The number of nitrogens with one attached hydrogen (secondary N) is 1. The van der Waals surface area contributed by atoms with Crippen molar-refractivity contribution in [3.63, 3.8) is 0 Å². The molecule has 0 aromatic carbocycles. The van der Waals surface area contributed by atoms with Crippen LogP contribution in [0.3, 0.4) is 0 Å². The Hall–Kier alpha value is -3.19. The van der Waals surface area contributed by atoms with Crippen LogP contribution in [0.1, 0.15) is 5.69 Å². The summed E-state index contributed by atoms with van der Waals surface area (Å²) in [6, 6.07) is 3.89. The highest BCUT2D eigenvalue weighted by Gasteiger charge is 2.50. The highest BCUT2D eigenvalue weighted by Crippen LogP contribution is 2.32. The van der Waals surface area contributed by atoms with Gasteiger partial charge in [0.1, 0.15) is 24.1 Å². The van der Waals surface area contributed by atoms with Crippen molar-refractivity contribution in [2.24, 2.45) is 0 Å². The Morgan fingerprint density at radius 2 is 2.16 bits per heavy atom. The molecule has 4 aromatic heterocycles. The Morgan fingerprint density at radius 1 is 1.29 bits per heavy atom. The van der Waals surface area contributed by atoms with Crippen molar-refractivity contribution in [2.75, 3.05) is 25.4 Å². The third kappa shape index (κ3) is 3.20. The molecule has 0 saturated carbocycles. The van der Waals surface area contributed by atoms with Gasteiger partial charge in [0.25, 0.3) is 0 Å². The van der Waals surface area contributed by atoms with E-state index in [0.717, 1.165) is 16.7 Å². The SMILES string of the molecule is Cc1nn(CCNCC2OCC(O)(n3cnc4c(N)ncnc43)C2O)c2ncccc12. The van der Waals surface area contributed by atoms with Gasteiger partial charge >= 0.3 is 0 Å². The standard InChI is InChI=1S/C19H23N9O3/c1-11-12-3-2-4-22-17(12)28(26-11)6-5-21-7-13-15(29)19(30,8-31-13)27-10-25-14-16(20)23-9-24-18(14)27/h2-4,9-10,13,15,21,29-30H,5-8H2,1H3,(H2,20,23,24). The lowest BCUT2D eigenvalue weighted by Crippen LogP contribution is -2.48. The van der Waals surface area contributed by atoms with E-state index in [1.165, 1.54) is 17.2 Å². The summed E-state index contributed by atoms with van der Waals surface area (Å²) in [5.41, 5.74) is 6.57. The van der Waals surface area contributed by atoms with E-state index in [1.54, 1.807) is 6.20 Å². The Labute approximate surface area is 176 Å². The summed E-state index contributed by atoms with van der Waals surface area (Å²) >= 11 is 0. The molecule has 0 spiro atoms. The van der Waals surface area contributed by atoms with Crippen LogP contribution in [0.5, 0.6) is 0 Å². The zero-order valence-electron chi connectivity index (χ0n) is 16.9. The number of ether oxygens (including phenoxy) is 1. The normalized spacial score (nSPS) is 23.8. The number of anilines is 1. The first-order valence-electron chi connectivity index (χ1n) is 9.94. The number of rotatable bonds is 6. The van der Waals surface area contributed by atoms with E-state index in [1.807, 2.05) is 23.7 Å². The van der Waals surface area contributed by atoms with Gasteiger partial charge in [0.2, 0.25) is 0 Å². The molecule has 4 aromatic rings. The number of aryl methyl sites for hydroxylation is 1. The molecular formula is C19H23N9O3. The largest absolute Gasteiger partial charge is 0.385 e. The third-order valence-electron chi connectivity index (χ3n) is 5.65. The van der Waals surface area contributed by atoms with E-state index >= 15 is 0 Å². The maximum absolute atomic E-state index is 11.1. The Balaban J connectivity index is 1.24. The summed E-state index contributed by atoms with van der Waals surface area (Å²) in [5.74, 6) is 0.204. The van der Waals surface area contributed by atoms with E-state index in [0.29, 0.717) is 30.8 Å². The quantitative estimate of drug-likeness (QED) is 0.286. The summed E-state index contributed by atoms with van der Waals surface area (Å²) in [6.07, 6.45) is 2.61. The van der Waals surface area contributed by atoms with Crippen molar-refractivity contribution in [3.05, 3.63) is 36.7 Å². The van der Waals surface area contributed by atoms with Gasteiger partial charge in [-0.3, -0.25) is 4.57 Å². The number of fused-ring (bicyclic) bond motifs is 2. The predicted molar refractivity (Wildman–Crippen MR) is 111 cm³/mol. The molecule has 1 aliphatic rings. The number of nitrogen functional groups attached to an aromatic ring is 1. The highest BCUT2D eigenvalue weighted by molar-refractivity contribution is 5.81. The smallest absolute Gasteiger partial charge is 0.197 e. The van der Waals surface area contributed by atoms with Gasteiger partial charge in [-0.1, -0.05) is 0 Å². The second kappa shape index (κ2) is 7.50. The van der Waals surface area contributed by atoms with Crippen molar-refractivity contribution in [3.8, 4) is 0 Å². The van der Waals surface area contributed by atoms with Crippen molar-refractivity contribution in [1.29, 1.82) is 0 Å². The summed E-state index contributed by atoms with van der Waals surface area (Å²) < 4.78 is 8.92. The monoisotopic (exact) mass is 425 g/mol. The molecule has 31 heavy (non-hydrogen) atoms. The molecule has 162 valence electrons. The molecule has 5 rings (SSSR count). The average molecular weight is 425 g/mol.